The van der Waals surface area contributed by atoms with Crippen LogP contribution in [0.4, 0.5) is 6.01 Å². The maximum atomic E-state index is 5.36. The summed E-state index contributed by atoms with van der Waals surface area (Å²) in [5, 5.41) is 7.56. The molecule has 0 aliphatic heterocycles. The average molecular weight is 167 g/mol. The Bertz CT molecular complexity index is 288. The first-order valence-electron chi connectivity index (χ1n) is 4.20. The molecule has 0 radical (unpaired) electrons. The van der Waals surface area contributed by atoms with Crippen LogP contribution in [0.25, 0.3) is 0 Å². The fourth-order valence-electron chi connectivity index (χ4n) is 1.47. The summed E-state index contributed by atoms with van der Waals surface area (Å²) in [6, 6.07) is 0.165. The number of anilines is 1. The third-order valence-electron chi connectivity index (χ3n) is 2.59. The van der Waals surface area contributed by atoms with Crippen LogP contribution in [0.1, 0.15) is 32.6 Å². The SMILES string of the molecule is CC(C)(c1nnc(N)o1)C1CC1. The largest absolute Gasteiger partial charge is 0.408 e. The van der Waals surface area contributed by atoms with Gasteiger partial charge in [0.2, 0.25) is 5.89 Å². The lowest BCUT2D eigenvalue weighted by molar-refractivity contribution is 0.338. The number of aromatic nitrogens is 2. The molecule has 1 heterocycles. The van der Waals surface area contributed by atoms with Gasteiger partial charge >= 0.3 is 6.01 Å². The van der Waals surface area contributed by atoms with Crippen LogP contribution in [0.2, 0.25) is 0 Å². The maximum absolute atomic E-state index is 5.36. The molecule has 0 saturated heterocycles. The summed E-state index contributed by atoms with van der Waals surface area (Å²) >= 11 is 0. The molecule has 2 rings (SSSR count). The number of hydrogen-bond acceptors (Lipinski definition) is 4. The zero-order valence-electron chi connectivity index (χ0n) is 7.37. The van der Waals surface area contributed by atoms with Crippen LogP contribution >= 0.6 is 0 Å². The van der Waals surface area contributed by atoms with Crippen LogP contribution in [-0.4, -0.2) is 10.2 Å². The monoisotopic (exact) mass is 167 g/mol. The van der Waals surface area contributed by atoms with Crippen molar-refractivity contribution in [3.05, 3.63) is 5.89 Å². The zero-order valence-corrected chi connectivity index (χ0v) is 7.37. The van der Waals surface area contributed by atoms with Gasteiger partial charge < -0.3 is 10.2 Å². The Kier molecular flexibility index (Phi) is 1.40. The van der Waals surface area contributed by atoms with E-state index in [1.165, 1.54) is 12.8 Å². The molecule has 1 fully saturated rings. The zero-order chi connectivity index (χ0) is 8.77. The Morgan fingerprint density at radius 3 is 2.50 bits per heavy atom. The number of nitrogens with zero attached hydrogens (tertiary/aromatic N) is 2. The molecule has 0 bridgehead atoms. The van der Waals surface area contributed by atoms with Crippen molar-refractivity contribution in [2.24, 2.45) is 5.92 Å². The molecule has 0 unspecified atom stereocenters. The molecule has 4 nitrogen and oxygen atoms in total. The number of nitrogens with two attached hydrogens (primary N) is 1. The number of hydrogen-bond donors (Lipinski definition) is 1. The summed E-state index contributed by atoms with van der Waals surface area (Å²) in [6.45, 7) is 4.25. The molecule has 1 aliphatic rings. The Morgan fingerprint density at radius 1 is 1.42 bits per heavy atom. The summed E-state index contributed by atoms with van der Waals surface area (Å²) in [4.78, 5) is 0. The first-order chi connectivity index (χ1) is 5.60. The predicted octanol–water partition coefficient (Wildman–Crippen LogP) is 1.34. The van der Waals surface area contributed by atoms with Gasteiger partial charge in [-0.25, -0.2) is 0 Å². The van der Waals surface area contributed by atoms with Crippen molar-refractivity contribution in [1.82, 2.24) is 10.2 Å². The van der Waals surface area contributed by atoms with Gasteiger partial charge in [-0.1, -0.05) is 18.9 Å². The van der Waals surface area contributed by atoms with Gasteiger partial charge in [0.25, 0.3) is 0 Å². The van der Waals surface area contributed by atoms with Crippen molar-refractivity contribution in [3.63, 3.8) is 0 Å². The molecule has 0 spiro atoms. The van der Waals surface area contributed by atoms with Gasteiger partial charge in [0.15, 0.2) is 0 Å². The van der Waals surface area contributed by atoms with Gasteiger partial charge in [0, 0.05) is 5.41 Å². The molecule has 4 heteroatoms. The van der Waals surface area contributed by atoms with Gasteiger partial charge in [-0.2, -0.15) is 0 Å². The standard InChI is InChI=1S/C8H13N3O/c1-8(2,5-3-4-5)6-10-11-7(9)12-6/h5H,3-4H2,1-2H3,(H2,9,11). The van der Waals surface area contributed by atoms with Crippen molar-refractivity contribution in [1.29, 1.82) is 0 Å². The van der Waals surface area contributed by atoms with E-state index in [2.05, 4.69) is 24.0 Å². The molecule has 12 heavy (non-hydrogen) atoms. The van der Waals surface area contributed by atoms with E-state index in [1.807, 2.05) is 0 Å². The van der Waals surface area contributed by atoms with Crippen molar-refractivity contribution in [2.75, 3.05) is 5.73 Å². The lowest BCUT2D eigenvalue weighted by Gasteiger charge is -2.18. The van der Waals surface area contributed by atoms with Crippen LogP contribution in [-0.2, 0) is 5.41 Å². The molecule has 0 atom stereocenters. The Hall–Kier alpha value is -1.06. The second kappa shape index (κ2) is 2.21. The fourth-order valence-corrected chi connectivity index (χ4v) is 1.47. The van der Waals surface area contributed by atoms with Crippen molar-refractivity contribution in [2.45, 2.75) is 32.1 Å². The Balaban J connectivity index is 2.27. The van der Waals surface area contributed by atoms with Gasteiger partial charge in [0.1, 0.15) is 0 Å². The van der Waals surface area contributed by atoms with Gasteiger partial charge in [0.05, 0.1) is 0 Å². The van der Waals surface area contributed by atoms with Gasteiger partial charge in [-0.3, -0.25) is 0 Å². The minimum atomic E-state index is 0.00458. The van der Waals surface area contributed by atoms with E-state index < -0.39 is 0 Å². The molecule has 0 amide bonds. The second-order valence-corrected chi connectivity index (χ2v) is 3.94. The lowest BCUT2D eigenvalue weighted by Crippen LogP contribution is -2.20. The summed E-state index contributed by atoms with van der Waals surface area (Å²) in [7, 11) is 0. The highest BCUT2D eigenvalue weighted by Gasteiger charge is 2.42. The third-order valence-corrected chi connectivity index (χ3v) is 2.59. The van der Waals surface area contributed by atoms with Crippen LogP contribution < -0.4 is 5.73 Å². The molecular weight excluding hydrogens is 154 g/mol. The molecule has 0 aromatic carbocycles. The summed E-state index contributed by atoms with van der Waals surface area (Å²) < 4.78 is 5.21. The molecular formula is C8H13N3O. The van der Waals surface area contributed by atoms with Crippen LogP contribution in [0.5, 0.6) is 0 Å². The van der Waals surface area contributed by atoms with Crippen molar-refractivity contribution >= 4 is 6.01 Å². The van der Waals surface area contributed by atoms with E-state index in [-0.39, 0.29) is 11.4 Å². The highest BCUT2D eigenvalue weighted by Crippen LogP contribution is 2.46. The fraction of sp³-hybridized carbons (Fsp3) is 0.750. The quantitative estimate of drug-likeness (QED) is 0.721. The lowest BCUT2D eigenvalue weighted by atomic mass is 9.87. The summed E-state index contributed by atoms with van der Waals surface area (Å²) in [5.74, 6) is 1.36. The smallest absolute Gasteiger partial charge is 0.312 e. The highest BCUT2D eigenvalue weighted by atomic mass is 16.4. The molecule has 1 saturated carbocycles. The molecule has 1 aromatic heterocycles. The normalized spacial score (nSPS) is 18.2. The first kappa shape index (κ1) is 7.58. The van der Waals surface area contributed by atoms with E-state index in [1.54, 1.807) is 0 Å². The van der Waals surface area contributed by atoms with Crippen molar-refractivity contribution in [3.8, 4) is 0 Å². The van der Waals surface area contributed by atoms with Gasteiger partial charge in [-0.05, 0) is 18.8 Å². The van der Waals surface area contributed by atoms with E-state index in [4.69, 9.17) is 10.2 Å². The first-order valence-corrected chi connectivity index (χ1v) is 4.20. The van der Waals surface area contributed by atoms with Crippen molar-refractivity contribution < 1.29 is 4.42 Å². The molecule has 2 N–H and O–H groups in total. The molecule has 1 aromatic rings. The minimum Gasteiger partial charge on any atom is -0.408 e. The number of rotatable bonds is 2. The highest BCUT2D eigenvalue weighted by molar-refractivity contribution is 5.12. The Morgan fingerprint density at radius 2 is 2.08 bits per heavy atom. The number of nitrogen functional groups attached to an aromatic ring is 1. The average Bonchev–Trinajstić information content (AvgIpc) is 2.75. The predicted molar refractivity (Wildman–Crippen MR) is 44.5 cm³/mol. The van der Waals surface area contributed by atoms with Crippen LogP contribution in [0.15, 0.2) is 4.42 Å². The Labute approximate surface area is 71.2 Å². The van der Waals surface area contributed by atoms with E-state index in [9.17, 15) is 0 Å². The van der Waals surface area contributed by atoms with Crippen LogP contribution in [0, 0.1) is 5.92 Å². The third kappa shape index (κ3) is 1.07. The topological polar surface area (TPSA) is 64.9 Å². The summed E-state index contributed by atoms with van der Waals surface area (Å²) in [6.07, 6.45) is 2.52. The second-order valence-electron chi connectivity index (χ2n) is 3.94. The minimum absolute atomic E-state index is 0.00458. The molecule has 66 valence electrons. The molecule has 1 aliphatic carbocycles. The van der Waals surface area contributed by atoms with E-state index in [0.29, 0.717) is 11.8 Å². The van der Waals surface area contributed by atoms with Crippen LogP contribution in [0.3, 0.4) is 0 Å². The van der Waals surface area contributed by atoms with Gasteiger partial charge in [-0.15, -0.1) is 5.10 Å². The van der Waals surface area contributed by atoms with E-state index in [0.717, 1.165) is 0 Å². The van der Waals surface area contributed by atoms with E-state index >= 15 is 0 Å². The maximum Gasteiger partial charge on any atom is 0.312 e. The summed E-state index contributed by atoms with van der Waals surface area (Å²) in [5.41, 5.74) is 5.36.